The Morgan fingerprint density at radius 3 is 2.16 bits per heavy atom. The van der Waals surface area contributed by atoms with Crippen LogP contribution < -0.4 is 5.32 Å². The summed E-state index contributed by atoms with van der Waals surface area (Å²) in [6.07, 6.45) is 0. The molecule has 136 valence electrons. The van der Waals surface area contributed by atoms with Crippen molar-refractivity contribution in [2.75, 3.05) is 5.32 Å². The summed E-state index contributed by atoms with van der Waals surface area (Å²) < 4.78 is 0. The van der Waals surface area contributed by atoms with Gasteiger partial charge in [0.25, 0.3) is 5.91 Å². The Labute approximate surface area is 150 Å². The van der Waals surface area contributed by atoms with Crippen molar-refractivity contribution in [1.29, 1.82) is 0 Å². The molecule has 0 saturated heterocycles. The van der Waals surface area contributed by atoms with Crippen LogP contribution in [0.5, 0.6) is 0 Å². The molecule has 0 aliphatic carbocycles. The van der Waals surface area contributed by atoms with Crippen LogP contribution in [0.15, 0.2) is 36.4 Å². The molecule has 2 aromatic carbocycles. The first kappa shape index (κ1) is 19.4. The second-order valence-corrected chi connectivity index (χ2v) is 7.77. The molecule has 2 N–H and O–H groups in total. The lowest BCUT2D eigenvalue weighted by Crippen LogP contribution is -2.36. The van der Waals surface area contributed by atoms with E-state index in [1.54, 1.807) is 0 Å². The monoisotopic (exact) mass is 342 g/mol. The minimum atomic E-state index is -1.39. The van der Waals surface area contributed by atoms with E-state index in [0.717, 1.165) is 17.3 Å². The fourth-order valence-electron chi connectivity index (χ4n) is 2.93. The average molecular weight is 342 g/mol. The summed E-state index contributed by atoms with van der Waals surface area (Å²) in [6.45, 7) is 12.8. The summed E-state index contributed by atoms with van der Waals surface area (Å²) >= 11 is 0. The minimum absolute atomic E-state index is 0.409. The first-order valence-electron chi connectivity index (χ1n) is 8.90. The first-order chi connectivity index (χ1) is 11.6. The van der Waals surface area contributed by atoms with Crippen molar-refractivity contribution in [1.82, 2.24) is 4.90 Å². The number of rotatable bonds is 6. The number of carbonyl (C=O) groups is 1. The topological polar surface area (TPSA) is 52.6 Å². The van der Waals surface area contributed by atoms with Gasteiger partial charge in [0.15, 0.2) is 0 Å². The predicted molar refractivity (Wildman–Crippen MR) is 105 cm³/mol. The number of benzene rings is 2. The molecule has 0 aromatic heterocycles. The van der Waals surface area contributed by atoms with Crippen molar-refractivity contribution < 1.29 is 9.90 Å². The van der Waals surface area contributed by atoms with Gasteiger partial charge in [-0.15, -0.1) is 0 Å². The second-order valence-electron chi connectivity index (χ2n) is 7.77. The molecule has 0 spiro atoms. The third kappa shape index (κ3) is 5.03. The molecule has 1 amide bonds. The van der Waals surface area contributed by atoms with Crippen molar-refractivity contribution in [2.24, 2.45) is 0 Å². The van der Waals surface area contributed by atoms with Crippen molar-refractivity contribution in [2.45, 2.75) is 65.8 Å². The Bertz CT molecular complexity index is 737. The van der Waals surface area contributed by atoms with Crippen LogP contribution >= 0.6 is 0 Å². The third-order valence-electron chi connectivity index (χ3n) is 4.41. The Hall–Kier alpha value is -1.91. The summed E-state index contributed by atoms with van der Waals surface area (Å²) in [5.74, 6) is -0.409. The zero-order chi connectivity index (χ0) is 18.8. The normalized spacial score (nSPS) is 12.4. The SMILES string of the molecule is CC(C)N(Cc1ccc2cc(NC(=O)C(C)(C)O)ccc2c1)C(C)C. The molecule has 0 aliphatic rings. The van der Waals surface area contributed by atoms with Gasteiger partial charge in [0, 0.05) is 24.3 Å². The highest BCUT2D eigenvalue weighted by molar-refractivity contribution is 5.98. The largest absolute Gasteiger partial charge is 0.381 e. The van der Waals surface area contributed by atoms with Gasteiger partial charge in [-0.1, -0.05) is 18.2 Å². The highest BCUT2D eigenvalue weighted by atomic mass is 16.3. The Balaban J connectivity index is 2.22. The maximum absolute atomic E-state index is 11.9. The lowest BCUT2D eigenvalue weighted by molar-refractivity contribution is -0.130. The molecule has 0 atom stereocenters. The quantitative estimate of drug-likeness (QED) is 0.828. The number of hydrogen-bond acceptors (Lipinski definition) is 3. The first-order valence-corrected chi connectivity index (χ1v) is 8.90. The van der Waals surface area contributed by atoms with E-state index >= 15 is 0 Å². The minimum Gasteiger partial charge on any atom is -0.381 e. The molecule has 0 saturated carbocycles. The smallest absolute Gasteiger partial charge is 0.255 e. The molecule has 0 aliphatic heterocycles. The van der Waals surface area contributed by atoms with Gasteiger partial charge in [0.05, 0.1) is 0 Å². The molecule has 2 rings (SSSR count). The number of amides is 1. The maximum Gasteiger partial charge on any atom is 0.255 e. The van der Waals surface area contributed by atoms with Crippen molar-refractivity contribution in [3.63, 3.8) is 0 Å². The molecule has 0 heterocycles. The highest BCUT2D eigenvalue weighted by Crippen LogP contribution is 2.23. The summed E-state index contributed by atoms with van der Waals surface area (Å²) in [4.78, 5) is 14.4. The van der Waals surface area contributed by atoms with Gasteiger partial charge in [-0.2, -0.15) is 0 Å². The highest BCUT2D eigenvalue weighted by Gasteiger charge is 2.23. The van der Waals surface area contributed by atoms with E-state index in [1.165, 1.54) is 19.4 Å². The van der Waals surface area contributed by atoms with Gasteiger partial charge in [-0.25, -0.2) is 0 Å². The predicted octanol–water partition coefficient (Wildman–Crippen LogP) is 4.17. The van der Waals surface area contributed by atoms with Crippen LogP contribution in [0.3, 0.4) is 0 Å². The summed E-state index contributed by atoms with van der Waals surface area (Å²) in [5, 5.41) is 14.7. The van der Waals surface area contributed by atoms with Crippen LogP contribution in [0.2, 0.25) is 0 Å². The molecule has 4 heteroatoms. The van der Waals surface area contributed by atoms with Crippen LogP contribution in [0.1, 0.15) is 47.1 Å². The number of anilines is 1. The molecule has 2 aromatic rings. The molecular formula is C21H30N2O2. The third-order valence-corrected chi connectivity index (χ3v) is 4.41. The molecule has 4 nitrogen and oxygen atoms in total. The van der Waals surface area contributed by atoms with Crippen LogP contribution in [0.25, 0.3) is 10.8 Å². The van der Waals surface area contributed by atoms with E-state index in [2.05, 4.69) is 56.1 Å². The van der Waals surface area contributed by atoms with Gasteiger partial charge in [-0.05, 0) is 76.1 Å². The van der Waals surface area contributed by atoms with E-state index in [0.29, 0.717) is 17.8 Å². The summed E-state index contributed by atoms with van der Waals surface area (Å²) in [6, 6.07) is 13.2. The van der Waals surface area contributed by atoms with Crippen molar-refractivity contribution >= 4 is 22.4 Å². The van der Waals surface area contributed by atoms with Crippen molar-refractivity contribution in [3.8, 4) is 0 Å². The Morgan fingerprint density at radius 1 is 1.04 bits per heavy atom. The van der Waals surface area contributed by atoms with Crippen LogP contribution in [-0.2, 0) is 11.3 Å². The Kier molecular flexibility index (Phi) is 5.86. The summed E-state index contributed by atoms with van der Waals surface area (Å²) in [5.41, 5.74) is 0.581. The molecule has 0 unspecified atom stereocenters. The lowest BCUT2D eigenvalue weighted by atomic mass is 10.0. The molecule has 0 fully saturated rings. The van der Waals surface area contributed by atoms with Gasteiger partial charge >= 0.3 is 0 Å². The zero-order valence-corrected chi connectivity index (χ0v) is 16.1. The van der Waals surface area contributed by atoms with Gasteiger partial charge in [0.1, 0.15) is 5.60 Å². The fourth-order valence-corrected chi connectivity index (χ4v) is 2.93. The second kappa shape index (κ2) is 7.54. The van der Waals surface area contributed by atoms with E-state index < -0.39 is 11.5 Å². The van der Waals surface area contributed by atoms with Gasteiger partial charge in [-0.3, -0.25) is 9.69 Å². The molecular weight excluding hydrogens is 312 g/mol. The lowest BCUT2D eigenvalue weighted by Gasteiger charge is -2.30. The maximum atomic E-state index is 11.9. The number of carbonyl (C=O) groups excluding carboxylic acids is 1. The number of aliphatic hydroxyl groups is 1. The molecule has 0 radical (unpaired) electrons. The van der Waals surface area contributed by atoms with E-state index in [-0.39, 0.29) is 0 Å². The standard InChI is InChI=1S/C21H30N2O2/c1-14(2)23(15(3)4)13-16-7-8-18-12-19(10-9-17(18)11-16)22-20(24)21(5,6)25/h7-12,14-15,25H,13H2,1-6H3,(H,22,24). The van der Waals surface area contributed by atoms with E-state index in [4.69, 9.17) is 0 Å². The van der Waals surface area contributed by atoms with Crippen LogP contribution in [0.4, 0.5) is 5.69 Å². The van der Waals surface area contributed by atoms with Crippen molar-refractivity contribution in [3.05, 3.63) is 42.0 Å². The fraction of sp³-hybridized carbons (Fsp3) is 0.476. The Morgan fingerprint density at radius 2 is 1.60 bits per heavy atom. The summed E-state index contributed by atoms with van der Waals surface area (Å²) in [7, 11) is 0. The zero-order valence-electron chi connectivity index (χ0n) is 16.1. The molecule has 0 bridgehead atoms. The number of nitrogens with zero attached hydrogens (tertiary/aromatic N) is 1. The average Bonchev–Trinajstić information content (AvgIpc) is 2.51. The number of fused-ring (bicyclic) bond motifs is 1. The van der Waals surface area contributed by atoms with Crippen LogP contribution in [-0.4, -0.2) is 33.6 Å². The van der Waals surface area contributed by atoms with E-state index in [1.807, 2.05) is 18.2 Å². The number of nitrogens with one attached hydrogen (secondary N) is 1. The van der Waals surface area contributed by atoms with Gasteiger partial charge < -0.3 is 10.4 Å². The molecule has 25 heavy (non-hydrogen) atoms. The number of hydrogen-bond donors (Lipinski definition) is 2. The van der Waals surface area contributed by atoms with E-state index in [9.17, 15) is 9.90 Å². The van der Waals surface area contributed by atoms with Gasteiger partial charge in [0.2, 0.25) is 0 Å². The van der Waals surface area contributed by atoms with Crippen LogP contribution in [0, 0.1) is 0 Å².